The molecule has 5 nitrogen and oxygen atoms in total. The highest BCUT2D eigenvalue weighted by molar-refractivity contribution is 6.05. The first-order chi connectivity index (χ1) is 11.2. The van der Waals surface area contributed by atoms with Crippen molar-refractivity contribution < 1.29 is 19.0 Å². The fraction of sp³-hybridized carbons (Fsp3) is 0.278. The molecule has 5 heteroatoms. The number of fused-ring (bicyclic) bond motifs is 1. The van der Waals surface area contributed by atoms with Gasteiger partial charge in [0.05, 0.1) is 26.0 Å². The van der Waals surface area contributed by atoms with Crippen molar-refractivity contribution in [2.75, 3.05) is 25.6 Å². The SMILES string of the molecule is COc1ccc(C)cc1NC(=O)c1ccc2c(c1)OCCCO2. The van der Waals surface area contributed by atoms with Gasteiger partial charge in [-0.25, -0.2) is 0 Å². The third kappa shape index (κ3) is 3.39. The van der Waals surface area contributed by atoms with Crippen LogP contribution < -0.4 is 19.5 Å². The lowest BCUT2D eigenvalue weighted by atomic mass is 10.1. The molecule has 0 atom stereocenters. The van der Waals surface area contributed by atoms with Crippen LogP contribution in [-0.2, 0) is 0 Å². The normalized spacial score (nSPS) is 13.1. The third-order valence-electron chi connectivity index (χ3n) is 3.61. The molecule has 0 bridgehead atoms. The molecule has 0 aromatic heterocycles. The quantitative estimate of drug-likeness (QED) is 0.943. The summed E-state index contributed by atoms with van der Waals surface area (Å²) >= 11 is 0. The molecule has 3 rings (SSSR count). The van der Waals surface area contributed by atoms with Crippen molar-refractivity contribution in [3.63, 3.8) is 0 Å². The molecule has 0 unspecified atom stereocenters. The first-order valence-electron chi connectivity index (χ1n) is 7.53. The standard InChI is InChI=1S/C18H19NO4/c1-12-4-6-15(21-2)14(10-12)19-18(20)13-5-7-16-17(11-13)23-9-3-8-22-16/h4-7,10-11H,3,8-9H2,1-2H3,(H,19,20). The summed E-state index contributed by atoms with van der Waals surface area (Å²) in [6.45, 7) is 3.17. The molecule has 0 saturated heterocycles. The Morgan fingerprint density at radius 1 is 1.09 bits per heavy atom. The molecule has 1 N–H and O–H groups in total. The average molecular weight is 313 g/mol. The minimum Gasteiger partial charge on any atom is -0.495 e. The lowest BCUT2D eigenvalue weighted by molar-refractivity contribution is 0.102. The summed E-state index contributed by atoms with van der Waals surface area (Å²) in [7, 11) is 1.58. The fourth-order valence-electron chi connectivity index (χ4n) is 2.42. The fourth-order valence-corrected chi connectivity index (χ4v) is 2.42. The maximum Gasteiger partial charge on any atom is 0.255 e. The van der Waals surface area contributed by atoms with Crippen LogP contribution in [0.2, 0.25) is 0 Å². The molecule has 2 aromatic rings. The van der Waals surface area contributed by atoms with Gasteiger partial charge in [-0.1, -0.05) is 6.07 Å². The topological polar surface area (TPSA) is 56.8 Å². The number of anilines is 1. The van der Waals surface area contributed by atoms with Gasteiger partial charge in [-0.3, -0.25) is 4.79 Å². The maximum absolute atomic E-state index is 12.5. The van der Waals surface area contributed by atoms with Gasteiger partial charge in [0.25, 0.3) is 5.91 Å². The van der Waals surface area contributed by atoms with Crippen molar-refractivity contribution in [1.29, 1.82) is 0 Å². The van der Waals surface area contributed by atoms with E-state index in [4.69, 9.17) is 14.2 Å². The molecule has 1 aliphatic rings. The summed E-state index contributed by atoms with van der Waals surface area (Å²) in [5.41, 5.74) is 2.20. The van der Waals surface area contributed by atoms with Gasteiger partial charge in [0.15, 0.2) is 11.5 Å². The summed E-state index contributed by atoms with van der Waals surface area (Å²) in [6.07, 6.45) is 0.830. The number of hydrogen-bond acceptors (Lipinski definition) is 4. The smallest absolute Gasteiger partial charge is 0.255 e. The highest BCUT2D eigenvalue weighted by Gasteiger charge is 2.15. The van der Waals surface area contributed by atoms with E-state index in [1.54, 1.807) is 25.3 Å². The van der Waals surface area contributed by atoms with Gasteiger partial charge in [0.2, 0.25) is 0 Å². The van der Waals surface area contributed by atoms with E-state index in [-0.39, 0.29) is 5.91 Å². The number of amides is 1. The van der Waals surface area contributed by atoms with Crippen LogP contribution >= 0.6 is 0 Å². The van der Waals surface area contributed by atoms with Crippen LogP contribution in [0.25, 0.3) is 0 Å². The highest BCUT2D eigenvalue weighted by atomic mass is 16.5. The van der Waals surface area contributed by atoms with Crippen LogP contribution in [0.15, 0.2) is 36.4 Å². The Balaban J connectivity index is 1.84. The van der Waals surface area contributed by atoms with Crippen molar-refractivity contribution in [2.24, 2.45) is 0 Å². The van der Waals surface area contributed by atoms with Gasteiger partial charge in [-0.15, -0.1) is 0 Å². The highest BCUT2D eigenvalue weighted by Crippen LogP contribution is 2.31. The minimum absolute atomic E-state index is 0.218. The van der Waals surface area contributed by atoms with Gasteiger partial charge in [-0.2, -0.15) is 0 Å². The Morgan fingerprint density at radius 3 is 2.65 bits per heavy atom. The zero-order valence-corrected chi connectivity index (χ0v) is 13.2. The van der Waals surface area contributed by atoms with Crippen LogP contribution in [0.5, 0.6) is 17.2 Å². The summed E-state index contributed by atoms with van der Waals surface area (Å²) in [5.74, 6) is 1.68. The molecule has 0 saturated carbocycles. The van der Waals surface area contributed by atoms with Gasteiger partial charge in [-0.05, 0) is 42.8 Å². The first-order valence-corrected chi connectivity index (χ1v) is 7.53. The largest absolute Gasteiger partial charge is 0.495 e. The Labute approximate surface area is 135 Å². The number of ether oxygens (including phenoxy) is 3. The molecule has 2 aromatic carbocycles. The predicted molar refractivity (Wildman–Crippen MR) is 87.7 cm³/mol. The number of aryl methyl sites for hydroxylation is 1. The maximum atomic E-state index is 12.5. The van der Waals surface area contributed by atoms with Crippen molar-refractivity contribution in [3.8, 4) is 17.2 Å². The third-order valence-corrected chi connectivity index (χ3v) is 3.61. The first kappa shape index (κ1) is 15.2. The lowest BCUT2D eigenvalue weighted by Gasteiger charge is -2.12. The zero-order valence-electron chi connectivity index (χ0n) is 13.2. The molecule has 0 spiro atoms. The van der Waals surface area contributed by atoms with Crippen LogP contribution in [0.4, 0.5) is 5.69 Å². The molecule has 0 radical (unpaired) electrons. The summed E-state index contributed by atoms with van der Waals surface area (Å²) in [5, 5.41) is 2.88. The lowest BCUT2D eigenvalue weighted by Crippen LogP contribution is -2.13. The van der Waals surface area contributed by atoms with Crippen molar-refractivity contribution >= 4 is 11.6 Å². The molecule has 1 aliphatic heterocycles. The summed E-state index contributed by atoms with van der Waals surface area (Å²) in [4.78, 5) is 12.5. The number of rotatable bonds is 3. The second-order valence-corrected chi connectivity index (χ2v) is 5.37. The van der Waals surface area contributed by atoms with Gasteiger partial charge < -0.3 is 19.5 Å². The summed E-state index contributed by atoms with van der Waals surface area (Å²) < 4.78 is 16.5. The second kappa shape index (κ2) is 6.60. The van der Waals surface area contributed by atoms with Gasteiger partial charge in [0, 0.05) is 12.0 Å². The van der Waals surface area contributed by atoms with Crippen LogP contribution in [0.1, 0.15) is 22.3 Å². The Morgan fingerprint density at radius 2 is 1.87 bits per heavy atom. The van der Waals surface area contributed by atoms with Gasteiger partial charge in [0.1, 0.15) is 5.75 Å². The van der Waals surface area contributed by atoms with Crippen molar-refractivity contribution in [2.45, 2.75) is 13.3 Å². The van der Waals surface area contributed by atoms with E-state index in [9.17, 15) is 4.79 Å². The number of hydrogen-bond donors (Lipinski definition) is 1. The Bertz CT molecular complexity index is 727. The van der Waals surface area contributed by atoms with Crippen LogP contribution in [0.3, 0.4) is 0 Å². The van der Waals surface area contributed by atoms with Gasteiger partial charge >= 0.3 is 0 Å². The number of carbonyl (C=O) groups excluding carboxylic acids is 1. The van der Waals surface area contributed by atoms with Crippen molar-refractivity contribution in [3.05, 3.63) is 47.5 Å². The second-order valence-electron chi connectivity index (χ2n) is 5.37. The molecule has 0 fully saturated rings. The monoisotopic (exact) mass is 313 g/mol. The minimum atomic E-state index is -0.218. The average Bonchev–Trinajstić information content (AvgIpc) is 2.79. The molecular weight excluding hydrogens is 294 g/mol. The number of methoxy groups -OCH3 is 1. The van der Waals surface area contributed by atoms with E-state index >= 15 is 0 Å². The van der Waals surface area contributed by atoms with E-state index in [1.165, 1.54) is 0 Å². The van der Waals surface area contributed by atoms with E-state index in [0.717, 1.165) is 12.0 Å². The van der Waals surface area contributed by atoms with E-state index in [2.05, 4.69) is 5.32 Å². The predicted octanol–water partition coefficient (Wildman–Crippen LogP) is 3.42. The zero-order chi connectivity index (χ0) is 16.2. The molecular formula is C18H19NO4. The number of carbonyl (C=O) groups is 1. The molecule has 1 heterocycles. The van der Waals surface area contributed by atoms with Crippen LogP contribution in [-0.4, -0.2) is 26.2 Å². The molecule has 1 amide bonds. The Hall–Kier alpha value is -2.69. The molecule has 23 heavy (non-hydrogen) atoms. The van der Waals surface area contributed by atoms with E-state index in [1.807, 2.05) is 25.1 Å². The summed E-state index contributed by atoms with van der Waals surface area (Å²) in [6, 6.07) is 10.8. The Kier molecular flexibility index (Phi) is 4.37. The van der Waals surface area contributed by atoms with Crippen LogP contribution in [0, 0.1) is 6.92 Å². The number of nitrogens with one attached hydrogen (secondary N) is 1. The van der Waals surface area contributed by atoms with E-state index in [0.29, 0.717) is 41.7 Å². The van der Waals surface area contributed by atoms with E-state index < -0.39 is 0 Å². The molecule has 0 aliphatic carbocycles. The number of benzene rings is 2. The molecule has 120 valence electrons. The van der Waals surface area contributed by atoms with Crippen molar-refractivity contribution in [1.82, 2.24) is 0 Å².